The summed E-state index contributed by atoms with van der Waals surface area (Å²) < 4.78 is 9.61. The summed E-state index contributed by atoms with van der Waals surface area (Å²) in [7, 11) is 2.58. The fraction of sp³-hybridized carbons (Fsp3) is 0.360. The monoisotopic (exact) mass is 862 g/mol. The van der Waals surface area contributed by atoms with Crippen LogP contribution in [0.25, 0.3) is 44.2 Å². The van der Waals surface area contributed by atoms with E-state index < -0.39 is 24.3 Å². The minimum Gasteiger partial charge on any atom is -0.453 e. The van der Waals surface area contributed by atoms with Gasteiger partial charge in [0.25, 0.3) is 0 Å². The molecule has 2 aliphatic heterocycles. The van der Waals surface area contributed by atoms with E-state index in [1.54, 1.807) is 11.1 Å². The molecule has 64 heavy (non-hydrogen) atoms. The molecular formula is C50H54N8O6. The van der Waals surface area contributed by atoms with E-state index in [-0.39, 0.29) is 35.7 Å². The van der Waals surface area contributed by atoms with E-state index in [0.29, 0.717) is 18.9 Å². The van der Waals surface area contributed by atoms with E-state index in [4.69, 9.17) is 19.4 Å². The van der Waals surface area contributed by atoms with Crippen molar-refractivity contribution in [2.24, 2.45) is 11.8 Å². The number of hydrogen-bond donors (Lipinski definition) is 4. The number of H-pyrrole nitrogens is 2. The van der Waals surface area contributed by atoms with Crippen molar-refractivity contribution < 1.29 is 28.7 Å². The van der Waals surface area contributed by atoms with Crippen LogP contribution in [0.1, 0.15) is 88.2 Å². The lowest BCUT2D eigenvalue weighted by Crippen LogP contribution is -2.51. The van der Waals surface area contributed by atoms with Crippen molar-refractivity contribution in [1.82, 2.24) is 40.4 Å². The predicted molar refractivity (Wildman–Crippen MR) is 245 cm³/mol. The number of methoxy groups -OCH3 is 2. The fourth-order valence-corrected chi connectivity index (χ4v) is 8.92. The van der Waals surface area contributed by atoms with Gasteiger partial charge in [-0.15, -0.1) is 0 Å². The van der Waals surface area contributed by atoms with Crippen molar-refractivity contribution in [3.8, 4) is 34.2 Å². The molecular weight excluding hydrogens is 809 g/mol. The largest absolute Gasteiger partial charge is 0.453 e. The molecule has 0 spiro atoms. The summed E-state index contributed by atoms with van der Waals surface area (Å²) in [6.45, 7) is 8.75. The van der Waals surface area contributed by atoms with Crippen LogP contribution in [0.15, 0.2) is 85.1 Å². The number of aromatic amines is 2. The lowest BCUT2D eigenvalue weighted by molar-refractivity contribution is -0.136. The molecule has 1 unspecified atom stereocenters. The first-order chi connectivity index (χ1) is 30.9. The summed E-state index contributed by atoms with van der Waals surface area (Å²) >= 11 is 0. The minimum absolute atomic E-state index is 0.129. The molecule has 4 N–H and O–H groups in total. The Morgan fingerprint density at radius 3 is 1.97 bits per heavy atom. The highest BCUT2D eigenvalue weighted by Gasteiger charge is 2.39. The number of likely N-dealkylation sites (tertiary alicyclic amines) is 2. The Labute approximate surface area is 372 Å². The maximum Gasteiger partial charge on any atom is 0.407 e. The first kappa shape index (κ1) is 43.5. The Bertz CT molecular complexity index is 2770. The van der Waals surface area contributed by atoms with Crippen LogP contribution in [0.3, 0.4) is 0 Å². The van der Waals surface area contributed by atoms with Crippen LogP contribution in [0.2, 0.25) is 0 Å². The molecule has 4 heterocycles. The van der Waals surface area contributed by atoms with Crippen LogP contribution in [0, 0.1) is 23.7 Å². The number of fused-ring (bicyclic) bond motifs is 3. The highest BCUT2D eigenvalue weighted by Crippen LogP contribution is 2.37. The van der Waals surface area contributed by atoms with Gasteiger partial charge in [-0.05, 0) is 84.4 Å². The van der Waals surface area contributed by atoms with Gasteiger partial charge in [0.05, 0.1) is 49.2 Å². The number of amides is 4. The van der Waals surface area contributed by atoms with Crippen LogP contribution in [-0.2, 0) is 19.1 Å². The zero-order chi connectivity index (χ0) is 45.1. The molecule has 4 amide bonds. The third-order valence-electron chi connectivity index (χ3n) is 12.3. The lowest BCUT2D eigenvalue weighted by Gasteiger charge is -2.30. The van der Waals surface area contributed by atoms with E-state index >= 15 is 0 Å². The molecule has 14 nitrogen and oxygen atoms in total. The van der Waals surface area contributed by atoms with Gasteiger partial charge >= 0.3 is 12.2 Å². The van der Waals surface area contributed by atoms with Crippen molar-refractivity contribution in [1.29, 1.82) is 0 Å². The third kappa shape index (κ3) is 8.88. The summed E-state index contributed by atoms with van der Waals surface area (Å²) in [4.78, 5) is 72.3. The second-order valence-electron chi connectivity index (χ2n) is 17.2. The van der Waals surface area contributed by atoms with Crippen molar-refractivity contribution in [2.75, 3.05) is 27.3 Å². The van der Waals surface area contributed by atoms with Gasteiger partial charge in [0.2, 0.25) is 11.8 Å². The number of aromatic nitrogens is 4. The number of ether oxygens (including phenoxy) is 2. The van der Waals surface area contributed by atoms with Gasteiger partial charge in [-0.2, -0.15) is 0 Å². The van der Waals surface area contributed by atoms with Crippen LogP contribution in [0.4, 0.5) is 9.59 Å². The Kier molecular flexibility index (Phi) is 12.7. The third-order valence-corrected chi connectivity index (χ3v) is 12.3. The van der Waals surface area contributed by atoms with Crippen LogP contribution >= 0.6 is 0 Å². The molecule has 330 valence electrons. The van der Waals surface area contributed by atoms with Crippen molar-refractivity contribution in [3.05, 3.63) is 108 Å². The number of carbonyl (C=O) groups is 4. The summed E-state index contributed by atoms with van der Waals surface area (Å²) in [6.07, 6.45) is 3.68. The fourth-order valence-electron chi connectivity index (χ4n) is 8.92. The van der Waals surface area contributed by atoms with E-state index in [1.807, 2.05) is 69.0 Å². The zero-order valence-corrected chi connectivity index (χ0v) is 37.0. The van der Waals surface area contributed by atoms with E-state index in [2.05, 4.69) is 74.9 Å². The van der Waals surface area contributed by atoms with E-state index in [9.17, 15) is 19.2 Å². The molecule has 8 rings (SSSR count). The normalized spacial score (nSPS) is 17.1. The van der Waals surface area contributed by atoms with Crippen LogP contribution < -0.4 is 10.6 Å². The number of imidazole rings is 2. The van der Waals surface area contributed by atoms with Gasteiger partial charge < -0.3 is 39.9 Å². The molecule has 2 fully saturated rings. The minimum atomic E-state index is -0.721. The van der Waals surface area contributed by atoms with Gasteiger partial charge in [0.1, 0.15) is 23.7 Å². The average molecular weight is 863 g/mol. The number of hydrogen-bond acceptors (Lipinski definition) is 8. The Morgan fingerprint density at radius 1 is 0.719 bits per heavy atom. The van der Waals surface area contributed by atoms with Gasteiger partial charge in [0, 0.05) is 35.2 Å². The first-order valence-electron chi connectivity index (χ1n) is 21.9. The smallest absolute Gasteiger partial charge is 0.407 e. The average Bonchev–Trinajstić information content (AvgIpc) is 4.15. The molecule has 2 aliphatic rings. The molecule has 14 heteroatoms. The molecule has 0 radical (unpaired) electrons. The topological polar surface area (TPSA) is 175 Å². The summed E-state index contributed by atoms with van der Waals surface area (Å²) in [5, 5.41) is 7.46. The number of carbonyl (C=O) groups excluding carboxylic acids is 4. The molecule has 4 aromatic carbocycles. The predicted octanol–water partition coefficient (Wildman–Crippen LogP) is 8.26. The Morgan fingerprint density at radius 2 is 1.34 bits per heavy atom. The summed E-state index contributed by atoms with van der Waals surface area (Å²) in [6, 6.07) is 24.6. The molecule has 2 aromatic heterocycles. The summed E-state index contributed by atoms with van der Waals surface area (Å²) in [5.74, 6) is 7.65. The number of nitrogens with zero attached hydrogens (tertiary/aromatic N) is 4. The maximum atomic E-state index is 13.8. The molecule has 0 saturated carbocycles. The van der Waals surface area contributed by atoms with Crippen LogP contribution in [-0.4, -0.2) is 93.1 Å². The lowest BCUT2D eigenvalue weighted by atomic mass is 9.94. The van der Waals surface area contributed by atoms with Crippen molar-refractivity contribution >= 4 is 45.8 Å². The highest BCUT2D eigenvalue weighted by atomic mass is 16.5. The van der Waals surface area contributed by atoms with Gasteiger partial charge in [0.15, 0.2) is 0 Å². The second kappa shape index (κ2) is 18.7. The Hall–Kier alpha value is -7.14. The molecule has 0 aliphatic carbocycles. The second-order valence-corrected chi connectivity index (χ2v) is 17.2. The zero-order valence-electron chi connectivity index (χ0n) is 37.0. The first-order valence-corrected chi connectivity index (χ1v) is 21.9. The van der Waals surface area contributed by atoms with E-state index in [1.165, 1.54) is 14.2 Å². The quantitative estimate of drug-likeness (QED) is 0.0997. The number of benzene rings is 4. The molecule has 0 bridgehead atoms. The number of nitrogens with one attached hydrogen (secondary N) is 4. The van der Waals surface area contributed by atoms with Gasteiger partial charge in [-0.1, -0.05) is 88.1 Å². The number of rotatable bonds is 10. The standard InChI is InChI=1S/C50H54N8O6/c1-29(2)42(55-49(61)63-5)47(59)57-24-10-14-40(57)45-51-28-39(53-45)35-19-21-36(32(27-35)17-16-31-12-8-7-9-13-31)33-18-22-37-34(26-33)20-23-38-44(37)54-46(52-38)41-15-11-25-58(41)48(60)43(30(3)4)56-50(62)64-6/h7-9,12-13,18-23,26-30,40-43H,10-11,14-15,24-25H2,1-6H3,(H,51,53)(H,52,54)(H,55,61)(H,56,62)/t40-,41-,42?,43-/m0/s1. The van der Waals surface area contributed by atoms with Crippen molar-refractivity contribution in [3.63, 3.8) is 0 Å². The Balaban J connectivity index is 1.09. The molecule has 4 atom stereocenters. The molecule has 2 saturated heterocycles. The highest BCUT2D eigenvalue weighted by molar-refractivity contribution is 6.05. The number of alkyl carbamates (subject to hydrolysis) is 2. The van der Waals surface area contributed by atoms with Gasteiger partial charge in [-0.25, -0.2) is 19.6 Å². The van der Waals surface area contributed by atoms with Crippen LogP contribution in [0.5, 0.6) is 0 Å². The SMILES string of the molecule is COC(=O)NC(C(=O)N1CCC[C@H]1c1ncc(-c2ccc(-c3ccc4c(ccc5nc([C@@H]6CCCN6C(=O)[C@@H](NC(=O)OC)C(C)C)[nH]c54)c3)c(C#Cc3ccccc3)c2)[nH]1)C(C)C. The summed E-state index contributed by atoms with van der Waals surface area (Å²) in [5.41, 5.74) is 7.08. The van der Waals surface area contributed by atoms with Crippen molar-refractivity contribution in [2.45, 2.75) is 77.5 Å². The molecule has 6 aromatic rings. The maximum absolute atomic E-state index is 13.8. The van der Waals surface area contributed by atoms with E-state index in [0.717, 1.165) is 86.8 Å². The van der Waals surface area contributed by atoms with Gasteiger partial charge in [-0.3, -0.25) is 9.59 Å².